The molecule has 1 aromatic carbocycles. The molecule has 0 aliphatic heterocycles. The summed E-state index contributed by atoms with van der Waals surface area (Å²) in [7, 11) is 0. The fourth-order valence-electron chi connectivity index (χ4n) is 1.49. The Morgan fingerprint density at radius 1 is 1.13 bits per heavy atom. The smallest absolute Gasteiger partial charge is 0.0406 e. The van der Waals surface area contributed by atoms with Gasteiger partial charge in [0.15, 0.2) is 0 Å². The summed E-state index contributed by atoms with van der Waals surface area (Å²) in [5.74, 6) is 0.177. The first kappa shape index (κ1) is 11.1. The molecule has 0 radical (unpaired) electrons. The molecular formula is C12H8BrClS. The predicted molar refractivity (Wildman–Crippen MR) is 72.9 cm³/mol. The lowest BCUT2D eigenvalue weighted by atomic mass is 9.92. The van der Waals surface area contributed by atoms with Gasteiger partial charge in [-0.3, -0.25) is 0 Å². The maximum absolute atomic E-state index is 5.84. The van der Waals surface area contributed by atoms with Crippen LogP contribution in [0.5, 0.6) is 0 Å². The Morgan fingerprint density at radius 3 is 2.47 bits per heavy atom. The Labute approximate surface area is 108 Å². The quantitative estimate of drug-likeness (QED) is 0.681. The highest BCUT2D eigenvalue weighted by atomic mass is 79.9. The van der Waals surface area contributed by atoms with Crippen molar-refractivity contribution in [2.24, 2.45) is 0 Å². The van der Waals surface area contributed by atoms with E-state index in [0.29, 0.717) is 0 Å². The normalized spacial score (nSPS) is 20.3. The summed E-state index contributed by atoms with van der Waals surface area (Å²) in [5.41, 5.74) is 1.17. The first-order valence-corrected chi connectivity index (χ1v) is 6.09. The summed E-state index contributed by atoms with van der Waals surface area (Å²) < 4.78 is 1.07. The molecule has 0 bridgehead atoms. The molecule has 0 nitrogen and oxygen atoms in total. The van der Waals surface area contributed by atoms with Gasteiger partial charge < -0.3 is 0 Å². The number of hydrogen-bond donors (Lipinski definition) is 0. The monoisotopic (exact) mass is 298 g/mol. The van der Waals surface area contributed by atoms with Gasteiger partial charge in [0.25, 0.3) is 0 Å². The van der Waals surface area contributed by atoms with Crippen LogP contribution >= 0.6 is 39.7 Å². The third kappa shape index (κ3) is 2.57. The van der Waals surface area contributed by atoms with Crippen LogP contribution in [0, 0.1) is 0 Å². The maximum Gasteiger partial charge on any atom is 0.0406 e. The Balaban J connectivity index is 2.35. The van der Waals surface area contributed by atoms with Crippen LogP contribution in [-0.2, 0) is 0 Å². The summed E-state index contributed by atoms with van der Waals surface area (Å²) in [6, 6.07) is 7.80. The molecule has 1 aliphatic rings. The second-order valence-electron chi connectivity index (χ2n) is 3.32. The zero-order chi connectivity index (χ0) is 10.8. The summed E-state index contributed by atoms with van der Waals surface area (Å²) in [5, 5.41) is 0.749. The Bertz CT molecular complexity index is 445. The molecule has 2 rings (SSSR count). The largest absolute Gasteiger partial charge is 0.0843 e. The fourth-order valence-corrected chi connectivity index (χ4v) is 2.29. The van der Waals surface area contributed by atoms with Crippen LogP contribution in [0.2, 0.25) is 5.02 Å². The third-order valence-electron chi connectivity index (χ3n) is 2.27. The topological polar surface area (TPSA) is 0 Å². The first-order chi connectivity index (χ1) is 7.16. The van der Waals surface area contributed by atoms with Gasteiger partial charge in [0.1, 0.15) is 0 Å². The van der Waals surface area contributed by atoms with Crippen LogP contribution in [0.4, 0.5) is 0 Å². The standard InChI is InChI=1S/C12H8BrClS/c13-9-3-6-12(15)11(7-9)8-1-4-10(14)5-2-8/h1-7,11H. The maximum atomic E-state index is 5.84. The molecule has 0 saturated carbocycles. The molecule has 0 spiro atoms. The lowest BCUT2D eigenvalue weighted by Crippen LogP contribution is -2.08. The second-order valence-corrected chi connectivity index (χ2v) is 5.14. The van der Waals surface area contributed by atoms with E-state index in [1.54, 1.807) is 0 Å². The Morgan fingerprint density at radius 2 is 1.80 bits per heavy atom. The van der Waals surface area contributed by atoms with Gasteiger partial charge in [-0.25, -0.2) is 0 Å². The highest BCUT2D eigenvalue weighted by Crippen LogP contribution is 2.28. The van der Waals surface area contributed by atoms with E-state index in [1.165, 1.54) is 5.56 Å². The van der Waals surface area contributed by atoms with Crippen LogP contribution < -0.4 is 0 Å². The zero-order valence-corrected chi connectivity index (χ0v) is 10.9. The van der Waals surface area contributed by atoms with E-state index >= 15 is 0 Å². The number of allylic oxidation sites excluding steroid dienone is 4. The third-order valence-corrected chi connectivity index (χ3v) is 3.44. The Kier molecular flexibility index (Phi) is 3.39. The lowest BCUT2D eigenvalue weighted by molar-refractivity contribution is 1.16. The summed E-state index contributed by atoms with van der Waals surface area (Å²) in [4.78, 5) is 0.931. The molecule has 0 fully saturated rings. The van der Waals surface area contributed by atoms with Crippen molar-refractivity contribution in [3.05, 3.63) is 57.6 Å². The molecule has 1 unspecified atom stereocenters. The van der Waals surface area contributed by atoms with E-state index < -0.39 is 0 Å². The van der Waals surface area contributed by atoms with Crippen molar-refractivity contribution in [3.63, 3.8) is 0 Å². The molecule has 1 atom stereocenters. The van der Waals surface area contributed by atoms with E-state index in [4.69, 9.17) is 23.8 Å². The molecule has 0 heterocycles. The minimum atomic E-state index is 0.177. The number of halogens is 2. The van der Waals surface area contributed by atoms with Crippen LogP contribution in [0.3, 0.4) is 0 Å². The average molecular weight is 300 g/mol. The van der Waals surface area contributed by atoms with Gasteiger partial charge in [-0.2, -0.15) is 0 Å². The molecule has 0 amide bonds. The summed E-state index contributed by atoms with van der Waals surface area (Å²) in [6.45, 7) is 0. The van der Waals surface area contributed by atoms with E-state index in [9.17, 15) is 0 Å². The molecule has 1 aromatic rings. The number of benzene rings is 1. The van der Waals surface area contributed by atoms with Crippen molar-refractivity contribution in [1.29, 1.82) is 0 Å². The van der Waals surface area contributed by atoms with Crippen molar-refractivity contribution in [2.75, 3.05) is 0 Å². The second kappa shape index (κ2) is 4.60. The number of rotatable bonds is 1. The van der Waals surface area contributed by atoms with Crippen molar-refractivity contribution in [3.8, 4) is 0 Å². The van der Waals surface area contributed by atoms with Crippen LogP contribution in [-0.4, -0.2) is 4.86 Å². The van der Waals surface area contributed by atoms with Crippen LogP contribution in [0.1, 0.15) is 11.5 Å². The van der Waals surface area contributed by atoms with E-state index in [-0.39, 0.29) is 5.92 Å². The van der Waals surface area contributed by atoms with Gasteiger partial charge in [0.2, 0.25) is 0 Å². The van der Waals surface area contributed by atoms with Gasteiger partial charge in [0.05, 0.1) is 0 Å². The number of thiocarbonyl (C=S) groups is 1. The van der Waals surface area contributed by atoms with E-state index in [1.807, 2.05) is 36.4 Å². The van der Waals surface area contributed by atoms with Crippen LogP contribution in [0.25, 0.3) is 0 Å². The van der Waals surface area contributed by atoms with E-state index in [2.05, 4.69) is 22.0 Å². The zero-order valence-electron chi connectivity index (χ0n) is 7.78. The molecule has 0 aromatic heterocycles. The average Bonchev–Trinajstić information content (AvgIpc) is 2.23. The van der Waals surface area contributed by atoms with Gasteiger partial charge in [-0.05, 0) is 29.8 Å². The molecule has 1 aliphatic carbocycles. The van der Waals surface area contributed by atoms with Gasteiger partial charge >= 0.3 is 0 Å². The summed E-state index contributed by atoms with van der Waals surface area (Å²) >= 11 is 14.6. The molecule has 3 heteroatoms. The predicted octanol–water partition coefficient (Wildman–Crippen LogP) is 4.64. The number of hydrogen-bond acceptors (Lipinski definition) is 1. The fraction of sp³-hybridized carbons (Fsp3) is 0.0833. The molecular weight excluding hydrogens is 292 g/mol. The van der Waals surface area contributed by atoms with Gasteiger partial charge in [-0.1, -0.05) is 58.0 Å². The highest BCUT2D eigenvalue weighted by molar-refractivity contribution is 9.11. The van der Waals surface area contributed by atoms with Gasteiger partial charge in [-0.15, -0.1) is 0 Å². The van der Waals surface area contributed by atoms with E-state index in [0.717, 1.165) is 14.4 Å². The van der Waals surface area contributed by atoms with Crippen molar-refractivity contribution in [1.82, 2.24) is 0 Å². The van der Waals surface area contributed by atoms with Crippen molar-refractivity contribution < 1.29 is 0 Å². The minimum Gasteiger partial charge on any atom is -0.0843 e. The first-order valence-electron chi connectivity index (χ1n) is 4.51. The molecule has 0 N–H and O–H groups in total. The van der Waals surface area contributed by atoms with Crippen molar-refractivity contribution >= 4 is 44.6 Å². The van der Waals surface area contributed by atoms with Crippen molar-refractivity contribution in [2.45, 2.75) is 5.92 Å². The summed E-state index contributed by atoms with van der Waals surface area (Å²) in [6.07, 6.45) is 6.03. The van der Waals surface area contributed by atoms with Crippen LogP contribution in [0.15, 0.2) is 47.0 Å². The SMILES string of the molecule is S=C1C=CC(Br)=CC1c1ccc(Cl)cc1. The molecule has 76 valence electrons. The Hall–Kier alpha value is -0.440. The minimum absolute atomic E-state index is 0.177. The molecule has 0 saturated heterocycles. The lowest BCUT2D eigenvalue weighted by Gasteiger charge is -2.16. The highest BCUT2D eigenvalue weighted by Gasteiger charge is 2.15. The molecule has 15 heavy (non-hydrogen) atoms. The van der Waals surface area contributed by atoms with Gasteiger partial charge in [0, 0.05) is 20.3 Å².